The number of fused-ring (bicyclic) bond motifs is 6. The van der Waals surface area contributed by atoms with Crippen molar-refractivity contribution in [3.05, 3.63) is 173 Å². The maximum atomic E-state index is 9.95. The van der Waals surface area contributed by atoms with Gasteiger partial charge in [0.05, 0.1) is 16.8 Å². The van der Waals surface area contributed by atoms with E-state index in [0.29, 0.717) is 5.57 Å². The lowest BCUT2D eigenvalue weighted by atomic mass is 9.56. The third kappa shape index (κ3) is 2.94. The van der Waals surface area contributed by atoms with Gasteiger partial charge in [0, 0.05) is 11.3 Å². The molecule has 0 saturated carbocycles. The van der Waals surface area contributed by atoms with Crippen LogP contribution in [0.2, 0.25) is 0 Å². The Balaban J connectivity index is 1.86. The SMILES string of the molecule is C=CC1=C(C=C)C2(c3ccccc3C(=C(C#N)C#N)c3ccccc32)c2ccccc2N1c1ccccc1. The molecule has 6 rings (SSSR count). The van der Waals surface area contributed by atoms with Crippen LogP contribution in [0.5, 0.6) is 0 Å². The van der Waals surface area contributed by atoms with Crippen molar-refractivity contribution in [3.8, 4) is 12.1 Å². The first-order valence-corrected chi connectivity index (χ1v) is 12.4. The number of rotatable bonds is 3. The van der Waals surface area contributed by atoms with Crippen molar-refractivity contribution in [1.82, 2.24) is 0 Å². The Morgan fingerprint density at radius 2 is 1.18 bits per heavy atom. The molecule has 0 aromatic heterocycles. The van der Waals surface area contributed by atoms with Crippen molar-refractivity contribution in [2.45, 2.75) is 5.41 Å². The zero-order valence-electron chi connectivity index (χ0n) is 20.7. The number of hydrogen-bond donors (Lipinski definition) is 0. The summed E-state index contributed by atoms with van der Waals surface area (Å²) < 4.78 is 0. The molecule has 4 aromatic rings. The van der Waals surface area contributed by atoms with E-state index in [1.807, 2.05) is 66.7 Å². The van der Waals surface area contributed by atoms with Crippen molar-refractivity contribution in [3.63, 3.8) is 0 Å². The molecule has 178 valence electrons. The predicted molar refractivity (Wildman–Crippen MR) is 152 cm³/mol. The van der Waals surface area contributed by atoms with E-state index in [1.54, 1.807) is 0 Å². The quantitative estimate of drug-likeness (QED) is 0.277. The number of benzene rings is 4. The van der Waals surface area contributed by atoms with Crippen LogP contribution >= 0.6 is 0 Å². The van der Waals surface area contributed by atoms with Crippen LogP contribution in [-0.2, 0) is 5.41 Å². The molecular weight excluding hydrogens is 462 g/mol. The van der Waals surface area contributed by atoms with Crippen LogP contribution in [0, 0.1) is 22.7 Å². The summed E-state index contributed by atoms with van der Waals surface area (Å²) in [6.45, 7) is 8.56. The molecular formula is C35H23N3. The maximum Gasteiger partial charge on any atom is 0.138 e. The van der Waals surface area contributed by atoms with Gasteiger partial charge in [0.15, 0.2) is 0 Å². The van der Waals surface area contributed by atoms with Gasteiger partial charge in [-0.25, -0.2) is 0 Å². The molecule has 1 heterocycles. The lowest BCUT2D eigenvalue weighted by Gasteiger charge is -2.49. The van der Waals surface area contributed by atoms with Crippen molar-refractivity contribution < 1.29 is 0 Å². The smallest absolute Gasteiger partial charge is 0.138 e. The van der Waals surface area contributed by atoms with Gasteiger partial charge < -0.3 is 4.90 Å². The van der Waals surface area contributed by atoms with Crippen LogP contribution in [0.4, 0.5) is 11.4 Å². The van der Waals surface area contributed by atoms with Crippen molar-refractivity contribution >= 4 is 16.9 Å². The van der Waals surface area contributed by atoms with Crippen molar-refractivity contribution in [2.75, 3.05) is 4.90 Å². The minimum absolute atomic E-state index is 0.0998. The molecule has 0 fully saturated rings. The molecule has 0 bridgehead atoms. The molecule has 1 aliphatic carbocycles. The van der Waals surface area contributed by atoms with Crippen LogP contribution in [0.25, 0.3) is 5.57 Å². The molecule has 0 saturated heterocycles. The summed E-state index contributed by atoms with van der Waals surface area (Å²) in [5.74, 6) is 0. The van der Waals surface area contributed by atoms with E-state index >= 15 is 0 Å². The highest BCUT2D eigenvalue weighted by Crippen LogP contribution is 2.60. The average Bonchev–Trinajstić information content (AvgIpc) is 2.99. The van der Waals surface area contributed by atoms with Crippen LogP contribution in [0.1, 0.15) is 27.8 Å². The number of hydrogen-bond acceptors (Lipinski definition) is 3. The van der Waals surface area contributed by atoms with E-state index in [2.05, 4.69) is 78.7 Å². The molecule has 0 amide bonds. The van der Waals surface area contributed by atoms with E-state index in [-0.39, 0.29) is 5.57 Å². The molecule has 0 radical (unpaired) electrons. The van der Waals surface area contributed by atoms with Crippen LogP contribution in [0.15, 0.2) is 145 Å². The van der Waals surface area contributed by atoms with E-state index in [4.69, 9.17) is 0 Å². The molecule has 0 N–H and O–H groups in total. The van der Waals surface area contributed by atoms with E-state index < -0.39 is 5.41 Å². The topological polar surface area (TPSA) is 50.8 Å². The third-order valence-electron chi connectivity index (χ3n) is 7.56. The first-order chi connectivity index (χ1) is 18.7. The summed E-state index contributed by atoms with van der Waals surface area (Å²) >= 11 is 0. The van der Waals surface area contributed by atoms with Crippen LogP contribution in [-0.4, -0.2) is 0 Å². The van der Waals surface area contributed by atoms with Gasteiger partial charge in [-0.1, -0.05) is 104 Å². The minimum Gasteiger partial charge on any atom is -0.310 e. The normalized spacial score (nSPS) is 17.0. The van der Waals surface area contributed by atoms with Gasteiger partial charge in [-0.2, -0.15) is 10.5 Å². The zero-order chi connectivity index (χ0) is 26.3. The molecule has 0 atom stereocenters. The minimum atomic E-state index is -0.736. The van der Waals surface area contributed by atoms with E-state index in [9.17, 15) is 10.5 Å². The predicted octanol–water partition coefficient (Wildman–Crippen LogP) is 7.96. The second kappa shape index (κ2) is 8.93. The summed E-state index contributed by atoms with van der Waals surface area (Å²) in [5.41, 5.74) is 8.87. The zero-order valence-corrected chi connectivity index (χ0v) is 20.7. The number of nitrogens with zero attached hydrogens (tertiary/aromatic N) is 3. The molecule has 1 spiro atoms. The summed E-state index contributed by atoms with van der Waals surface area (Å²) in [4.78, 5) is 2.23. The van der Waals surface area contributed by atoms with Crippen LogP contribution in [0.3, 0.4) is 0 Å². The molecule has 0 unspecified atom stereocenters. The Labute approximate surface area is 222 Å². The molecule has 4 aromatic carbocycles. The van der Waals surface area contributed by atoms with Gasteiger partial charge in [-0.05, 0) is 57.7 Å². The molecule has 3 nitrogen and oxygen atoms in total. The van der Waals surface area contributed by atoms with E-state index in [0.717, 1.165) is 50.5 Å². The summed E-state index contributed by atoms with van der Waals surface area (Å²) in [7, 11) is 0. The lowest BCUT2D eigenvalue weighted by molar-refractivity contribution is 0.706. The fourth-order valence-electron chi connectivity index (χ4n) is 6.22. The Morgan fingerprint density at radius 3 is 1.74 bits per heavy atom. The standard InChI is InChI=1S/C35H23N3/c1-3-28-32(4-2)38(25-14-6-5-7-15-25)33-21-13-12-20-31(33)35(28)29-18-10-8-16-26(29)34(24(22-36)23-37)27-17-9-11-19-30(27)35/h3-21H,1-2H2. The van der Waals surface area contributed by atoms with Crippen molar-refractivity contribution in [2.24, 2.45) is 0 Å². The summed E-state index contributed by atoms with van der Waals surface area (Å²) in [6.07, 6.45) is 3.83. The highest BCUT2D eigenvalue weighted by atomic mass is 15.2. The molecule has 38 heavy (non-hydrogen) atoms. The first kappa shape index (κ1) is 23.0. The number of allylic oxidation sites excluding steroid dienone is 4. The Morgan fingerprint density at radius 1 is 0.658 bits per heavy atom. The van der Waals surface area contributed by atoms with Gasteiger partial charge >= 0.3 is 0 Å². The monoisotopic (exact) mass is 485 g/mol. The molecule has 2 aliphatic rings. The number of para-hydroxylation sites is 2. The molecule has 1 aliphatic heterocycles. The second-order valence-corrected chi connectivity index (χ2v) is 9.21. The van der Waals surface area contributed by atoms with Crippen LogP contribution < -0.4 is 4.90 Å². The largest absolute Gasteiger partial charge is 0.310 e. The van der Waals surface area contributed by atoms with Gasteiger partial charge in [0.25, 0.3) is 0 Å². The summed E-state index contributed by atoms with van der Waals surface area (Å²) in [5, 5.41) is 19.9. The average molecular weight is 486 g/mol. The molecule has 3 heteroatoms. The second-order valence-electron chi connectivity index (χ2n) is 9.21. The Hall–Kier alpha value is -5.38. The highest BCUT2D eigenvalue weighted by Gasteiger charge is 2.51. The van der Waals surface area contributed by atoms with Gasteiger partial charge in [0.1, 0.15) is 17.7 Å². The first-order valence-electron chi connectivity index (χ1n) is 12.4. The van der Waals surface area contributed by atoms with E-state index in [1.165, 1.54) is 0 Å². The maximum absolute atomic E-state index is 9.95. The number of nitriles is 2. The fraction of sp³-hybridized carbons (Fsp3) is 0.0286. The van der Waals surface area contributed by atoms with Gasteiger partial charge in [-0.15, -0.1) is 0 Å². The lowest BCUT2D eigenvalue weighted by Crippen LogP contribution is -2.42. The van der Waals surface area contributed by atoms with Gasteiger partial charge in [0.2, 0.25) is 0 Å². The highest BCUT2D eigenvalue weighted by molar-refractivity contribution is 5.97. The van der Waals surface area contributed by atoms with Gasteiger partial charge in [-0.3, -0.25) is 0 Å². The van der Waals surface area contributed by atoms with Crippen molar-refractivity contribution in [1.29, 1.82) is 10.5 Å². The Bertz CT molecular complexity index is 1710. The third-order valence-corrected chi connectivity index (χ3v) is 7.56. The fourth-order valence-corrected chi connectivity index (χ4v) is 6.22. The number of anilines is 2. The Kier molecular flexibility index (Phi) is 5.42. The summed E-state index contributed by atoms with van der Waals surface area (Å²) in [6, 6.07) is 39.2.